The van der Waals surface area contributed by atoms with E-state index in [1.807, 2.05) is 0 Å². The van der Waals surface area contributed by atoms with Crippen LogP contribution in [-0.2, 0) is 6.42 Å². The van der Waals surface area contributed by atoms with Crippen LogP contribution in [0.5, 0.6) is 0 Å². The van der Waals surface area contributed by atoms with Gasteiger partial charge in [0.1, 0.15) is 5.82 Å². The average molecular weight is 299 g/mol. The summed E-state index contributed by atoms with van der Waals surface area (Å²) in [4.78, 5) is 4.90. The zero-order valence-corrected chi connectivity index (χ0v) is 12.1. The normalized spacial score (nSPS) is 30.4. The van der Waals surface area contributed by atoms with Crippen LogP contribution in [0.1, 0.15) is 5.56 Å². The predicted molar refractivity (Wildman–Crippen MR) is 78.0 cm³/mol. The van der Waals surface area contributed by atoms with Crippen molar-refractivity contribution in [3.63, 3.8) is 0 Å². The smallest absolute Gasteiger partial charge is 0.126 e. The van der Waals surface area contributed by atoms with Crippen LogP contribution < -0.4 is 11.3 Å². The van der Waals surface area contributed by atoms with E-state index in [0.717, 1.165) is 32.7 Å². The third kappa shape index (κ3) is 2.82. The van der Waals surface area contributed by atoms with Gasteiger partial charge >= 0.3 is 0 Å². The van der Waals surface area contributed by atoms with Crippen molar-refractivity contribution in [3.8, 4) is 0 Å². The van der Waals surface area contributed by atoms with Crippen molar-refractivity contribution in [2.45, 2.75) is 18.5 Å². The van der Waals surface area contributed by atoms with Gasteiger partial charge in [0.25, 0.3) is 0 Å². The van der Waals surface area contributed by atoms with E-state index in [1.165, 1.54) is 6.07 Å². The van der Waals surface area contributed by atoms with Gasteiger partial charge in [-0.1, -0.05) is 11.6 Å². The standard InChI is InChI=1S/C14H20ClFN4/c15-11-1-2-12(16)10(7-11)8-13(18-17)14-9-19-3-5-20(14)6-4-19/h1-2,7,13-14,18H,3-6,8-9,17H2. The first-order valence-corrected chi connectivity index (χ1v) is 7.41. The molecule has 3 fully saturated rings. The van der Waals surface area contributed by atoms with Gasteiger partial charge in [-0.05, 0) is 30.2 Å². The first-order valence-electron chi connectivity index (χ1n) is 7.04. The van der Waals surface area contributed by atoms with E-state index in [9.17, 15) is 4.39 Å². The van der Waals surface area contributed by atoms with Gasteiger partial charge < -0.3 is 0 Å². The van der Waals surface area contributed by atoms with E-state index in [4.69, 9.17) is 17.4 Å². The van der Waals surface area contributed by atoms with Crippen LogP contribution in [0.4, 0.5) is 4.39 Å². The monoisotopic (exact) mass is 298 g/mol. The van der Waals surface area contributed by atoms with Crippen molar-refractivity contribution >= 4 is 11.6 Å². The minimum absolute atomic E-state index is 0.0334. The van der Waals surface area contributed by atoms with Crippen LogP contribution in [0.3, 0.4) is 0 Å². The van der Waals surface area contributed by atoms with Gasteiger partial charge in [-0.3, -0.25) is 21.1 Å². The third-order valence-corrected chi connectivity index (χ3v) is 4.68. The highest BCUT2D eigenvalue weighted by atomic mass is 35.5. The van der Waals surface area contributed by atoms with E-state index < -0.39 is 0 Å². The Morgan fingerprint density at radius 3 is 2.70 bits per heavy atom. The largest absolute Gasteiger partial charge is 0.299 e. The highest BCUT2D eigenvalue weighted by Gasteiger charge is 2.36. The number of piperazine rings is 3. The average Bonchev–Trinajstić information content (AvgIpc) is 2.49. The van der Waals surface area contributed by atoms with E-state index in [-0.39, 0.29) is 11.9 Å². The number of halogens is 2. The summed E-state index contributed by atoms with van der Waals surface area (Å²) in [5, 5.41) is 0.561. The fourth-order valence-corrected chi connectivity index (χ4v) is 3.48. The molecule has 4 rings (SSSR count). The quantitative estimate of drug-likeness (QED) is 0.639. The molecule has 1 aromatic carbocycles. The topological polar surface area (TPSA) is 44.5 Å². The highest BCUT2D eigenvalue weighted by molar-refractivity contribution is 6.30. The Morgan fingerprint density at radius 1 is 1.35 bits per heavy atom. The maximum Gasteiger partial charge on any atom is 0.126 e. The Morgan fingerprint density at radius 2 is 2.10 bits per heavy atom. The van der Waals surface area contributed by atoms with E-state index in [2.05, 4.69) is 15.2 Å². The van der Waals surface area contributed by atoms with Gasteiger partial charge in [0.2, 0.25) is 0 Å². The maximum atomic E-state index is 13.9. The lowest BCUT2D eigenvalue weighted by Gasteiger charge is -2.50. The van der Waals surface area contributed by atoms with Crippen LogP contribution >= 0.6 is 11.6 Å². The molecule has 3 aliphatic heterocycles. The molecular formula is C14H20ClFN4. The second-order valence-corrected chi connectivity index (χ2v) is 6.05. The Kier molecular flexibility index (Phi) is 4.23. The van der Waals surface area contributed by atoms with Crippen molar-refractivity contribution in [1.82, 2.24) is 15.2 Å². The molecule has 0 radical (unpaired) electrons. The molecule has 3 aliphatic rings. The number of fused-ring (bicyclic) bond motifs is 3. The number of nitrogens with zero attached hydrogens (tertiary/aromatic N) is 2. The summed E-state index contributed by atoms with van der Waals surface area (Å²) in [6, 6.07) is 5.05. The molecule has 0 amide bonds. The van der Waals surface area contributed by atoms with Crippen LogP contribution in [0, 0.1) is 5.82 Å². The summed E-state index contributed by atoms with van der Waals surface area (Å²) in [5.74, 6) is 5.50. The van der Waals surface area contributed by atoms with Crippen LogP contribution in [0.15, 0.2) is 18.2 Å². The first-order chi connectivity index (χ1) is 9.67. The summed E-state index contributed by atoms with van der Waals surface area (Å²) in [6.45, 7) is 5.39. The van der Waals surface area contributed by atoms with Crippen molar-refractivity contribution in [2.24, 2.45) is 5.84 Å². The van der Waals surface area contributed by atoms with E-state index >= 15 is 0 Å². The zero-order valence-electron chi connectivity index (χ0n) is 11.4. The second kappa shape index (κ2) is 5.95. The maximum absolute atomic E-state index is 13.9. The van der Waals surface area contributed by atoms with Crippen LogP contribution in [0.25, 0.3) is 0 Å². The fraction of sp³-hybridized carbons (Fsp3) is 0.571. The number of benzene rings is 1. The third-order valence-electron chi connectivity index (χ3n) is 4.45. The molecule has 3 heterocycles. The molecule has 3 saturated heterocycles. The summed E-state index contributed by atoms with van der Waals surface area (Å²) >= 11 is 5.96. The summed E-state index contributed by atoms with van der Waals surface area (Å²) in [5.41, 5.74) is 3.50. The number of hydrogen-bond donors (Lipinski definition) is 2. The summed E-state index contributed by atoms with van der Waals surface area (Å²) in [6.07, 6.45) is 0.553. The summed E-state index contributed by atoms with van der Waals surface area (Å²) in [7, 11) is 0. The molecule has 6 heteroatoms. The van der Waals surface area contributed by atoms with Crippen LogP contribution in [-0.4, -0.2) is 54.6 Å². The van der Waals surface area contributed by atoms with Crippen molar-refractivity contribution in [1.29, 1.82) is 0 Å². The molecule has 2 unspecified atom stereocenters. The Hall–Kier alpha value is -0.720. The second-order valence-electron chi connectivity index (χ2n) is 5.62. The fourth-order valence-electron chi connectivity index (χ4n) is 3.28. The Balaban J connectivity index is 1.75. The lowest BCUT2D eigenvalue weighted by molar-refractivity contribution is -0.00325. The highest BCUT2D eigenvalue weighted by Crippen LogP contribution is 2.22. The van der Waals surface area contributed by atoms with Gasteiger partial charge in [-0.25, -0.2) is 4.39 Å². The molecule has 2 atom stereocenters. The molecule has 0 saturated carbocycles. The minimum atomic E-state index is -0.217. The number of nitrogens with two attached hydrogens (primary N) is 1. The van der Waals surface area contributed by atoms with Crippen molar-refractivity contribution in [3.05, 3.63) is 34.6 Å². The van der Waals surface area contributed by atoms with Gasteiger partial charge in [0.05, 0.1) is 0 Å². The van der Waals surface area contributed by atoms with E-state index in [0.29, 0.717) is 23.0 Å². The molecule has 1 aromatic rings. The molecular weight excluding hydrogens is 279 g/mol. The molecule has 0 aliphatic carbocycles. The lowest BCUT2D eigenvalue weighted by atomic mass is 9.94. The minimum Gasteiger partial charge on any atom is -0.299 e. The lowest BCUT2D eigenvalue weighted by Crippen LogP contribution is -2.67. The van der Waals surface area contributed by atoms with E-state index in [1.54, 1.807) is 12.1 Å². The molecule has 110 valence electrons. The SMILES string of the molecule is NNC(Cc1cc(Cl)ccc1F)C1CN2CCN1CC2. The van der Waals surface area contributed by atoms with Crippen LogP contribution in [0.2, 0.25) is 5.02 Å². The number of rotatable bonds is 4. The Labute approximate surface area is 123 Å². The molecule has 20 heavy (non-hydrogen) atoms. The molecule has 0 aromatic heterocycles. The summed E-state index contributed by atoms with van der Waals surface area (Å²) < 4.78 is 13.9. The van der Waals surface area contributed by atoms with Gasteiger partial charge in [-0.15, -0.1) is 0 Å². The van der Waals surface area contributed by atoms with Gasteiger partial charge in [0.15, 0.2) is 0 Å². The molecule has 4 nitrogen and oxygen atoms in total. The number of nitrogens with one attached hydrogen (secondary N) is 1. The van der Waals surface area contributed by atoms with Gasteiger partial charge in [0, 0.05) is 49.8 Å². The zero-order chi connectivity index (χ0) is 14.1. The number of hydrazine groups is 1. The number of hydrogen-bond acceptors (Lipinski definition) is 4. The Bertz CT molecular complexity index is 476. The molecule has 3 N–H and O–H groups in total. The van der Waals surface area contributed by atoms with Gasteiger partial charge in [-0.2, -0.15) is 0 Å². The molecule has 2 bridgehead atoms. The predicted octanol–water partition coefficient (Wildman–Crippen LogP) is 0.853. The van der Waals surface area contributed by atoms with Crippen molar-refractivity contribution in [2.75, 3.05) is 32.7 Å². The first kappa shape index (κ1) is 14.2. The molecule has 0 spiro atoms. The van der Waals surface area contributed by atoms with Crippen molar-refractivity contribution < 1.29 is 4.39 Å².